The van der Waals surface area contributed by atoms with E-state index in [1.165, 1.54) is 6.07 Å². The Labute approximate surface area is 108 Å². The minimum absolute atomic E-state index is 0.102. The van der Waals surface area contributed by atoms with Gasteiger partial charge in [0.15, 0.2) is 11.6 Å². The van der Waals surface area contributed by atoms with Crippen LogP contribution in [-0.2, 0) is 0 Å². The lowest BCUT2D eigenvalue weighted by molar-refractivity contribution is 0.0547. The van der Waals surface area contributed by atoms with E-state index in [2.05, 4.69) is 5.32 Å². The highest BCUT2D eigenvalue weighted by molar-refractivity contribution is 5.30. The van der Waals surface area contributed by atoms with Crippen molar-refractivity contribution in [2.45, 2.75) is 38.8 Å². The molecule has 102 valence electrons. The van der Waals surface area contributed by atoms with Gasteiger partial charge >= 0.3 is 0 Å². The molecule has 0 aromatic heterocycles. The molecule has 0 heterocycles. The smallest absolute Gasteiger partial charge is 0.165 e. The highest BCUT2D eigenvalue weighted by Crippen LogP contribution is 2.22. The van der Waals surface area contributed by atoms with E-state index in [0.29, 0.717) is 13.0 Å². The van der Waals surface area contributed by atoms with E-state index in [4.69, 9.17) is 4.74 Å². The van der Waals surface area contributed by atoms with E-state index in [-0.39, 0.29) is 17.6 Å². The average Bonchev–Trinajstić information content (AvgIpc) is 2.28. The molecule has 1 atom stereocenters. The van der Waals surface area contributed by atoms with E-state index in [1.807, 2.05) is 20.0 Å². The quantitative estimate of drug-likeness (QED) is 0.821. The highest BCUT2D eigenvalue weighted by Gasteiger charge is 2.13. The van der Waals surface area contributed by atoms with Gasteiger partial charge in [0, 0.05) is 12.5 Å². The minimum atomic E-state index is -0.795. The average molecular weight is 255 g/mol. The fraction of sp³-hybridized carbons (Fsp3) is 0.571. The summed E-state index contributed by atoms with van der Waals surface area (Å²) in [6.45, 7) is 5.65. The zero-order valence-corrected chi connectivity index (χ0v) is 11.5. The van der Waals surface area contributed by atoms with Crippen molar-refractivity contribution in [2.75, 3.05) is 13.7 Å². The number of rotatable bonds is 6. The van der Waals surface area contributed by atoms with Gasteiger partial charge in [-0.3, -0.25) is 0 Å². The molecule has 0 aliphatic carbocycles. The summed E-state index contributed by atoms with van der Waals surface area (Å²) in [5.41, 5.74) is 0.0849. The van der Waals surface area contributed by atoms with E-state index < -0.39 is 5.60 Å². The Bertz CT molecular complexity index is 388. The molecule has 2 N–H and O–H groups in total. The normalized spacial score (nSPS) is 13.4. The second-order valence-corrected chi connectivity index (χ2v) is 5.11. The molecular weight excluding hydrogens is 233 g/mol. The minimum Gasteiger partial charge on any atom is -0.490 e. The van der Waals surface area contributed by atoms with Gasteiger partial charge in [-0.2, -0.15) is 0 Å². The molecule has 0 radical (unpaired) electrons. The van der Waals surface area contributed by atoms with Crippen LogP contribution in [-0.4, -0.2) is 24.4 Å². The van der Waals surface area contributed by atoms with Crippen molar-refractivity contribution in [3.63, 3.8) is 0 Å². The van der Waals surface area contributed by atoms with Gasteiger partial charge in [-0.1, -0.05) is 6.07 Å². The van der Waals surface area contributed by atoms with Crippen LogP contribution < -0.4 is 10.1 Å². The van der Waals surface area contributed by atoms with Crippen LogP contribution in [0, 0.1) is 5.82 Å². The van der Waals surface area contributed by atoms with Gasteiger partial charge < -0.3 is 15.2 Å². The van der Waals surface area contributed by atoms with Gasteiger partial charge in [0.2, 0.25) is 0 Å². The van der Waals surface area contributed by atoms with Gasteiger partial charge in [0.05, 0.1) is 12.2 Å². The van der Waals surface area contributed by atoms with Crippen molar-refractivity contribution >= 4 is 0 Å². The maximum absolute atomic E-state index is 13.8. The first kappa shape index (κ1) is 14.9. The van der Waals surface area contributed by atoms with Crippen molar-refractivity contribution in [1.29, 1.82) is 0 Å². The maximum atomic E-state index is 13.8. The Hall–Kier alpha value is -1.13. The molecule has 1 aromatic rings. The molecule has 0 saturated carbocycles. The first-order valence-electron chi connectivity index (χ1n) is 6.15. The highest BCUT2D eigenvalue weighted by atomic mass is 19.1. The molecule has 0 saturated heterocycles. The van der Waals surface area contributed by atoms with Crippen molar-refractivity contribution in [3.05, 3.63) is 29.6 Å². The lowest BCUT2D eigenvalue weighted by atomic mass is 10.1. The third-order valence-electron chi connectivity index (χ3n) is 2.86. The predicted octanol–water partition coefficient (Wildman–Crippen LogP) is 2.65. The second kappa shape index (κ2) is 6.16. The zero-order chi connectivity index (χ0) is 13.8. The van der Waals surface area contributed by atoms with E-state index >= 15 is 0 Å². The molecule has 1 unspecified atom stereocenters. The van der Waals surface area contributed by atoms with Crippen LogP contribution in [0.2, 0.25) is 0 Å². The summed E-state index contributed by atoms with van der Waals surface area (Å²) in [5.74, 6) is -0.142. The predicted molar refractivity (Wildman–Crippen MR) is 70.3 cm³/mol. The molecule has 0 aliphatic heterocycles. The van der Waals surface area contributed by atoms with Crippen LogP contribution in [0.4, 0.5) is 4.39 Å². The molecule has 3 nitrogen and oxygen atoms in total. The summed E-state index contributed by atoms with van der Waals surface area (Å²) in [5, 5.41) is 12.6. The summed E-state index contributed by atoms with van der Waals surface area (Å²) in [6.07, 6.45) is 0.459. The number of hydrogen-bond donors (Lipinski definition) is 2. The summed E-state index contributed by atoms with van der Waals surface area (Å²) in [7, 11) is 1.83. The summed E-state index contributed by atoms with van der Waals surface area (Å²) < 4.78 is 19.1. The number of nitrogens with one attached hydrogen (secondary N) is 1. The van der Waals surface area contributed by atoms with Gasteiger partial charge in [-0.05, 0) is 45.5 Å². The number of halogens is 1. The van der Waals surface area contributed by atoms with Crippen LogP contribution in [0.25, 0.3) is 0 Å². The molecule has 0 aliphatic rings. The number of aliphatic hydroxyl groups is 1. The standard InChI is InChI=1S/C14H22FNO2/c1-10(16-4)11-5-6-13(12(15)9-11)18-8-7-14(2,3)17/h5-6,9-10,16-17H,7-8H2,1-4H3. The first-order valence-corrected chi connectivity index (χ1v) is 6.15. The first-order chi connectivity index (χ1) is 8.33. The van der Waals surface area contributed by atoms with Crippen molar-refractivity contribution < 1.29 is 14.2 Å². The van der Waals surface area contributed by atoms with Gasteiger partial charge in [0.1, 0.15) is 0 Å². The van der Waals surface area contributed by atoms with E-state index in [9.17, 15) is 9.50 Å². The lowest BCUT2D eigenvalue weighted by Crippen LogP contribution is -2.22. The molecular formula is C14H22FNO2. The number of hydrogen-bond acceptors (Lipinski definition) is 3. The van der Waals surface area contributed by atoms with Crippen LogP contribution in [0.3, 0.4) is 0 Å². The number of ether oxygens (including phenoxy) is 1. The van der Waals surface area contributed by atoms with Gasteiger partial charge in [-0.15, -0.1) is 0 Å². The summed E-state index contributed by atoms with van der Waals surface area (Å²) in [4.78, 5) is 0. The SMILES string of the molecule is CNC(C)c1ccc(OCCC(C)(C)O)c(F)c1. The molecule has 4 heteroatoms. The van der Waals surface area contributed by atoms with E-state index in [0.717, 1.165) is 5.56 Å². The van der Waals surface area contributed by atoms with Crippen LogP contribution in [0.15, 0.2) is 18.2 Å². The fourth-order valence-corrected chi connectivity index (χ4v) is 1.48. The summed E-state index contributed by atoms with van der Waals surface area (Å²) >= 11 is 0. The Morgan fingerprint density at radius 1 is 1.44 bits per heavy atom. The van der Waals surface area contributed by atoms with Gasteiger partial charge in [-0.25, -0.2) is 4.39 Å². The lowest BCUT2D eigenvalue weighted by Gasteiger charge is -2.17. The Morgan fingerprint density at radius 3 is 2.61 bits per heavy atom. The molecule has 0 spiro atoms. The summed E-state index contributed by atoms with van der Waals surface area (Å²) in [6, 6.07) is 5.04. The molecule has 18 heavy (non-hydrogen) atoms. The second-order valence-electron chi connectivity index (χ2n) is 5.11. The Balaban J connectivity index is 2.63. The van der Waals surface area contributed by atoms with Crippen molar-refractivity contribution in [1.82, 2.24) is 5.32 Å². The van der Waals surface area contributed by atoms with Gasteiger partial charge in [0.25, 0.3) is 0 Å². The topological polar surface area (TPSA) is 41.5 Å². The monoisotopic (exact) mass is 255 g/mol. The van der Waals surface area contributed by atoms with Crippen molar-refractivity contribution in [3.8, 4) is 5.75 Å². The molecule has 1 aromatic carbocycles. The third-order valence-corrected chi connectivity index (χ3v) is 2.86. The fourth-order valence-electron chi connectivity index (χ4n) is 1.48. The molecule has 0 fully saturated rings. The Morgan fingerprint density at radius 2 is 2.11 bits per heavy atom. The maximum Gasteiger partial charge on any atom is 0.165 e. The number of benzene rings is 1. The Kier molecular flexibility index (Phi) is 5.11. The van der Waals surface area contributed by atoms with Crippen LogP contribution >= 0.6 is 0 Å². The van der Waals surface area contributed by atoms with E-state index in [1.54, 1.807) is 19.9 Å². The zero-order valence-electron chi connectivity index (χ0n) is 11.5. The van der Waals surface area contributed by atoms with Crippen LogP contribution in [0.5, 0.6) is 5.75 Å². The molecule has 0 bridgehead atoms. The largest absolute Gasteiger partial charge is 0.490 e. The molecule has 0 amide bonds. The van der Waals surface area contributed by atoms with Crippen molar-refractivity contribution in [2.24, 2.45) is 0 Å². The third kappa shape index (κ3) is 4.63. The molecule has 1 rings (SSSR count). The van der Waals surface area contributed by atoms with Crippen LogP contribution in [0.1, 0.15) is 38.8 Å².